The molecule has 0 saturated carbocycles. The summed E-state index contributed by atoms with van der Waals surface area (Å²) in [6.07, 6.45) is 4.47. The summed E-state index contributed by atoms with van der Waals surface area (Å²) in [6, 6.07) is 9.91. The van der Waals surface area contributed by atoms with Gasteiger partial charge >= 0.3 is 0 Å². The second-order valence-electron chi connectivity index (χ2n) is 4.69. The molecule has 3 heteroatoms. The van der Waals surface area contributed by atoms with E-state index in [2.05, 4.69) is 24.0 Å². The fourth-order valence-corrected chi connectivity index (χ4v) is 2.10. The van der Waals surface area contributed by atoms with Gasteiger partial charge in [-0.15, -0.1) is 0 Å². The van der Waals surface area contributed by atoms with Crippen LogP contribution in [0.4, 0.5) is 0 Å². The lowest BCUT2D eigenvalue weighted by Gasteiger charge is -2.06. The standard InChI is InChI=1S/C17H19NO2/c1-3-20-16-10-15(11-18-12-16)17(19)9-8-14-7-5-4-6-13(14)2/h4-7,10-12H,3,8-9H2,1-2H3. The maximum absolute atomic E-state index is 12.2. The van der Waals surface area contributed by atoms with Gasteiger partial charge in [0, 0.05) is 18.2 Å². The van der Waals surface area contributed by atoms with Gasteiger partial charge in [0.2, 0.25) is 0 Å². The second kappa shape index (κ2) is 6.85. The van der Waals surface area contributed by atoms with Crippen molar-refractivity contribution in [3.63, 3.8) is 0 Å². The van der Waals surface area contributed by atoms with E-state index in [9.17, 15) is 4.79 Å². The van der Waals surface area contributed by atoms with Crippen molar-refractivity contribution in [2.45, 2.75) is 26.7 Å². The minimum absolute atomic E-state index is 0.0994. The lowest BCUT2D eigenvalue weighted by molar-refractivity contribution is 0.0982. The third-order valence-corrected chi connectivity index (χ3v) is 3.23. The molecule has 0 radical (unpaired) electrons. The number of Topliss-reactive ketones (excluding diaryl/α,β-unsaturated/α-hetero) is 1. The number of ketones is 1. The number of benzene rings is 1. The van der Waals surface area contributed by atoms with Crippen molar-refractivity contribution in [1.29, 1.82) is 0 Å². The first-order chi connectivity index (χ1) is 9.70. The average molecular weight is 269 g/mol. The molecule has 0 aliphatic carbocycles. The van der Waals surface area contributed by atoms with Crippen molar-refractivity contribution in [3.05, 3.63) is 59.4 Å². The topological polar surface area (TPSA) is 39.2 Å². The van der Waals surface area contributed by atoms with E-state index in [0.717, 1.165) is 6.42 Å². The zero-order valence-corrected chi connectivity index (χ0v) is 11.9. The van der Waals surface area contributed by atoms with Gasteiger partial charge in [-0.25, -0.2) is 0 Å². The average Bonchev–Trinajstić information content (AvgIpc) is 2.47. The third kappa shape index (κ3) is 3.67. The first-order valence-electron chi connectivity index (χ1n) is 6.86. The van der Waals surface area contributed by atoms with E-state index in [4.69, 9.17) is 4.74 Å². The molecule has 0 aliphatic heterocycles. The monoisotopic (exact) mass is 269 g/mol. The first-order valence-corrected chi connectivity index (χ1v) is 6.86. The summed E-state index contributed by atoms with van der Waals surface area (Å²) in [5.74, 6) is 0.747. The maximum atomic E-state index is 12.2. The summed E-state index contributed by atoms with van der Waals surface area (Å²) in [7, 11) is 0. The molecule has 0 saturated heterocycles. The number of aryl methyl sites for hydroxylation is 2. The summed E-state index contributed by atoms with van der Waals surface area (Å²) in [5, 5.41) is 0. The van der Waals surface area contributed by atoms with Gasteiger partial charge in [-0.3, -0.25) is 9.78 Å². The fourth-order valence-electron chi connectivity index (χ4n) is 2.10. The van der Waals surface area contributed by atoms with E-state index in [1.54, 1.807) is 18.5 Å². The Bertz CT molecular complexity index is 593. The number of hydrogen-bond acceptors (Lipinski definition) is 3. The van der Waals surface area contributed by atoms with Crippen molar-refractivity contribution < 1.29 is 9.53 Å². The molecule has 0 aliphatic rings. The molecule has 1 heterocycles. The molecular formula is C17H19NO2. The zero-order valence-electron chi connectivity index (χ0n) is 11.9. The fraction of sp³-hybridized carbons (Fsp3) is 0.294. The SMILES string of the molecule is CCOc1cncc(C(=O)CCc2ccccc2C)c1. The van der Waals surface area contributed by atoms with Crippen molar-refractivity contribution in [1.82, 2.24) is 4.98 Å². The van der Waals surface area contributed by atoms with Crippen LogP contribution in [0.1, 0.15) is 34.8 Å². The Kier molecular flexibility index (Phi) is 4.88. The Hall–Kier alpha value is -2.16. The second-order valence-corrected chi connectivity index (χ2v) is 4.69. The number of aromatic nitrogens is 1. The van der Waals surface area contributed by atoms with Crippen LogP contribution >= 0.6 is 0 Å². The van der Waals surface area contributed by atoms with Gasteiger partial charge in [-0.1, -0.05) is 24.3 Å². The molecule has 2 aromatic rings. The Balaban J connectivity index is 2.01. The molecule has 0 spiro atoms. The van der Waals surface area contributed by atoms with Gasteiger partial charge in [0.25, 0.3) is 0 Å². The summed E-state index contributed by atoms with van der Waals surface area (Å²) >= 11 is 0. The van der Waals surface area contributed by atoms with Crippen LogP contribution in [0.15, 0.2) is 42.7 Å². The highest BCUT2D eigenvalue weighted by Gasteiger charge is 2.09. The molecule has 0 fully saturated rings. The van der Waals surface area contributed by atoms with E-state index in [1.165, 1.54) is 11.1 Å². The molecule has 1 aromatic carbocycles. The lowest BCUT2D eigenvalue weighted by Crippen LogP contribution is -2.03. The van der Waals surface area contributed by atoms with Gasteiger partial charge < -0.3 is 4.74 Å². The first kappa shape index (κ1) is 14.3. The largest absolute Gasteiger partial charge is 0.492 e. The number of hydrogen-bond donors (Lipinski definition) is 0. The van der Waals surface area contributed by atoms with Crippen LogP contribution in [0.2, 0.25) is 0 Å². The molecule has 0 unspecified atom stereocenters. The molecule has 0 N–H and O–H groups in total. The normalized spacial score (nSPS) is 10.3. The van der Waals surface area contributed by atoms with Crippen LogP contribution in [0.25, 0.3) is 0 Å². The predicted molar refractivity (Wildman–Crippen MR) is 79.2 cm³/mol. The van der Waals surface area contributed by atoms with Gasteiger partial charge in [-0.05, 0) is 37.5 Å². The number of rotatable bonds is 6. The number of pyridine rings is 1. The minimum Gasteiger partial charge on any atom is -0.492 e. The van der Waals surface area contributed by atoms with E-state index >= 15 is 0 Å². The smallest absolute Gasteiger partial charge is 0.164 e. The highest BCUT2D eigenvalue weighted by Crippen LogP contribution is 2.15. The molecule has 0 amide bonds. The van der Waals surface area contributed by atoms with Crippen LogP contribution in [-0.2, 0) is 6.42 Å². The van der Waals surface area contributed by atoms with Crippen LogP contribution in [0.3, 0.4) is 0 Å². The number of ether oxygens (including phenoxy) is 1. The quantitative estimate of drug-likeness (QED) is 0.752. The van der Waals surface area contributed by atoms with Gasteiger partial charge in [-0.2, -0.15) is 0 Å². The lowest BCUT2D eigenvalue weighted by atomic mass is 10.0. The molecule has 1 aromatic heterocycles. The van der Waals surface area contributed by atoms with Gasteiger partial charge in [0.05, 0.1) is 12.8 Å². The van der Waals surface area contributed by atoms with Crippen molar-refractivity contribution in [3.8, 4) is 5.75 Å². The highest BCUT2D eigenvalue weighted by molar-refractivity contribution is 5.96. The molecule has 2 rings (SSSR count). The van der Waals surface area contributed by atoms with E-state index < -0.39 is 0 Å². The molecule has 20 heavy (non-hydrogen) atoms. The van der Waals surface area contributed by atoms with Crippen molar-refractivity contribution in [2.24, 2.45) is 0 Å². The summed E-state index contributed by atoms with van der Waals surface area (Å²) in [5.41, 5.74) is 3.06. The molecule has 0 bridgehead atoms. The summed E-state index contributed by atoms with van der Waals surface area (Å²) in [4.78, 5) is 16.2. The van der Waals surface area contributed by atoms with Crippen molar-refractivity contribution in [2.75, 3.05) is 6.61 Å². The molecule has 3 nitrogen and oxygen atoms in total. The van der Waals surface area contributed by atoms with E-state index in [-0.39, 0.29) is 5.78 Å². The Morgan fingerprint density at radius 1 is 1.25 bits per heavy atom. The number of carbonyl (C=O) groups excluding carboxylic acids is 1. The zero-order chi connectivity index (χ0) is 14.4. The Morgan fingerprint density at radius 2 is 2.05 bits per heavy atom. The van der Waals surface area contributed by atoms with Crippen LogP contribution < -0.4 is 4.74 Å². The summed E-state index contributed by atoms with van der Waals surface area (Å²) in [6.45, 7) is 4.55. The number of nitrogens with zero attached hydrogens (tertiary/aromatic N) is 1. The molecule has 104 valence electrons. The Morgan fingerprint density at radius 3 is 2.80 bits per heavy atom. The Labute approximate surface area is 119 Å². The maximum Gasteiger partial charge on any atom is 0.164 e. The summed E-state index contributed by atoms with van der Waals surface area (Å²) < 4.78 is 5.36. The third-order valence-electron chi connectivity index (χ3n) is 3.23. The minimum atomic E-state index is 0.0994. The van der Waals surface area contributed by atoms with Crippen molar-refractivity contribution >= 4 is 5.78 Å². The van der Waals surface area contributed by atoms with E-state index in [0.29, 0.717) is 24.3 Å². The van der Waals surface area contributed by atoms with Gasteiger partial charge in [0.15, 0.2) is 5.78 Å². The van der Waals surface area contributed by atoms with Crippen LogP contribution in [-0.4, -0.2) is 17.4 Å². The van der Waals surface area contributed by atoms with Crippen LogP contribution in [0.5, 0.6) is 5.75 Å². The molecule has 0 atom stereocenters. The van der Waals surface area contributed by atoms with Gasteiger partial charge in [0.1, 0.15) is 5.75 Å². The van der Waals surface area contributed by atoms with E-state index in [1.807, 2.05) is 19.1 Å². The predicted octanol–water partition coefficient (Wildman–Crippen LogP) is 3.60. The van der Waals surface area contributed by atoms with Crippen LogP contribution in [0, 0.1) is 6.92 Å². The highest BCUT2D eigenvalue weighted by atomic mass is 16.5. The number of carbonyl (C=O) groups is 1. The molecular weight excluding hydrogens is 250 g/mol.